The first kappa shape index (κ1) is 17.2. The number of likely N-dealkylation sites (tertiary alicyclic amines) is 1. The second kappa shape index (κ2) is 6.96. The van der Waals surface area contributed by atoms with Crippen LogP contribution in [0.25, 0.3) is 0 Å². The lowest BCUT2D eigenvalue weighted by Gasteiger charge is -2.43. The summed E-state index contributed by atoms with van der Waals surface area (Å²) >= 11 is 0. The molecule has 1 saturated carbocycles. The third kappa shape index (κ3) is 3.27. The van der Waals surface area contributed by atoms with Crippen molar-refractivity contribution >= 4 is 11.9 Å². The predicted octanol–water partition coefficient (Wildman–Crippen LogP) is 0.597. The Morgan fingerprint density at radius 3 is 2.55 bits per heavy atom. The smallest absolute Gasteiger partial charge is 0.310 e. The van der Waals surface area contributed by atoms with Crippen LogP contribution in [0, 0.1) is 5.92 Å². The first-order chi connectivity index (χ1) is 10.4. The van der Waals surface area contributed by atoms with Crippen molar-refractivity contribution in [3.05, 3.63) is 0 Å². The molecule has 2 aliphatic rings. The summed E-state index contributed by atoms with van der Waals surface area (Å²) < 4.78 is 5.00. The van der Waals surface area contributed by atoms with Crippen LogP contribution in [0.1, 0.15) is 39.5 Å². The summed E-state index contributed by atoms with van der Waals surface area (Å²) in [5.41, 5.74) is 5.83. The summed E-state index contributed by atoms with van der Waals surface area (Å²) in [5.74, 6) is -0.478. The highest BCUT2D eigenvalue weighted by Gasteiger charge is 2.44. The van der Waals surface area contributed by atoms with E-state index in [0.29, 0.717) is 25.0 Å². The maximum atomic E-state index is 12.3. The molecule has 22 heavy (non-hydrogen) atoms. The molecule has 0 unspecified atom stereocenters. The van der Waals surface area contributed by atoms with Crippen molar-refractivity contribution in [1.82, 2.24) is 9.80 Å². The Bertz CT molecular complexity index is 427. The van der Waals surface area contributed by atoms with E-state index in [2.05, 4.69) is 25.8 Å². The molecule has 6 heteroatoms. The molecule has 1 amide bonds. The zero-order valence-electron chi connectivity index (χ0n) is 14.1. The van der Waals surface area contributed by atoms with Gasteiger partial charge in [0.25, 0.3) is 0 Å². The van der Waals surface area contributed by atoms with Crippen molar-refractivity contribution in [1.29, 1.82) is 0 Å². The number of amides is 1. The molecule has 6 nitrogen and oxygen atoms in total. The van der Waals surface area contributed by atoms with Crippen LogP contribution in [-0.4, -0.2) is 66.5 Å². The van der Waals surface area contributed by atoms with E-state index in [9.17, 15) is 9.59 Å². The minimum Gasteiger partial charge on any atom is -0.469 e. The van der Waals surface area contributed by atoms with Crippen LogP contribution in [0.5, 0.6) is 0 Å². The van der Waals surface area contributed by atoms with Gasteiger partial charge < -0.3 is 20.3 Å². The fourth-order valence-electron chi connectivity index (χ4n) is 3.76. The van der Waals surface area contributed by atoms with Crippen LogP contribution in [-0.2, 0) is 14.3 Å². The number of nitrogens with two attached hydrogens (primary N) is 1. The molecule has 0 aromatic heterocycles. The Kier molecular flexibility index (Phi) is 5.45. The SMILES string of the molecule is COC(=O)[C@H]1C[C@H](N(C)C(C)C)CC[C@@H]1N1CC[C@H](N)C1=O. The predicted molar refractivity (Wildman–Crippen MR) is 84.1 cm³/mol. The second-order valence-electron chi connectivity index (χ2n) is 6.85. The van der Waals surface area contributed by atoms with Gasteiger partial charge in [0.1, 0.15) is 0 Å². The number of hydrogen-bond donors (Lipinski definition) is 1. The van der Waals surface area contributed by atoms with Crippen molar-refractivity contribution < 1.29 is 14.3 Å². The van der Waals surface area contributed by atoms with Gasteiger partial charge in [-0.25, -0.2) is 0 Å². The van der Waals surface area contributed by atoms with E-state index in [4.69, 9.17) is 10.5 Å². The third-order valence-corrected chi connectivity index (χ3v) is 5.36. The van der Waals surface area contributed by atoms with Crippen molar-refractivity contribution in [2.75, 3.05) is 20.7 Å². The summed E-state index contributed by atoms with van der Waals surface area (Å²) in [7, 11) is 3.52. The summed E-state index contributed by atoms with van der Waals surface area (Å²) in [6.07, 6.45) is 3.25. The van der Waals surface area contributed by atoms with Crippen LogP contribution in [0.2, 0.25) is 0 Å². The maximum Gasteiger partial charge on any atom is 0.310 e. The molecule has 2 rings (SSSR count). The van der Waals surface area contributed by atoms with Crippen molar-refractivity contribution in [3.8, 4) is 0 Å². The van der Waals surface area contributed by atoms with Gasteiger partial charge in [0.2, 0.25) is 5.91 Å². The molecule has 126 valence electrons. The molecule has 2 N–H and O–H groups in total. The lowest BCUT2D eigenvalue weighted by Crippen LogP contribution is -2.53. The molecule has 0 spiro atoms. The number of ether oxygens (including phenoxy) is 1. The molecule has 0 bridgehead atoms. The van der Waals surface area contributed by atoms with Gasteiger partial charge in [0, 0.05) is 24.7 Å². The topological polar surface area (TPSA) is 75.9 Å². The van der Waals surface area contributed by atoms with Gasteiger partial charge in [-0.15, -0.1) is 0 Å². The van der Waals surface area contributed by atoms with E-state index >= 15 is 0 Å². The first-order valence-electron chi connectivity index (χ1n) is 8.22. The van der Waals surface area contributed by atoms with Gasteiger partial charge in [-0.2, -0.15) is 0 Å². The quantitative estimate of drug-likeness (QED) is 0.769. The monoisotopic (exact) mass is 311 g/mol. The first-order valence-corrected chi connectivity index (χ1v) is 8.22. The van der Waals surface area contributed by atoms with Crippen LogP contribution in [0.3, 0.4) is 0 Å². The van der Waals surface area contributed by atoms with E-state index in [-0.39, 0.29) is 23.8 Å². The van der Waals surface area contributed by atoms with E-state index in [1.54, 1.807) is 0 Å². The Hall–Kier alpha value is -1.14. The van der Waals surface area contributed by atoms with Gasteiger partial charge in [0.15, 0.2) is 0 Å². The number of carbonyl (C=O) groups is 2. The Morgan fingerprint density at radius 1 is 1.36 bits per heavy atom. The van der Waals surface area contributed by atoms with Gasteiger partial charge in [-0.3, -0.25) is 9.59 Å². The Balaban J connectivity index is 2.14. The number of carbonyl (C=O) groups excluding carboxylic acids is 2. The van der Waals surface area contributed by atoms with Crippen LogP contribution >= 0.6 is 0 Å². The van der Waals surface area contributed by atoms with E-state index in [1.807, 2.05) is 4.90 Å². The number of nitrogens with zero attached hydrogens (tertiary/aromatic N) is 2. The second-order valence-corrected chi connectivity index (χ2v) is 6.85. The number of esters is 1. The summed E-state index contributed by atoms with van der Waals surface area (Å²) in [6.45, 7) is 4.97. The lowest BCUT2D eigenvalue weighted by atomic mass is 9.80. The van der Waals surface area contributed by atoms with Crippen molar-refractivity contribution in [2.24, 2.45) is 11.7 Å². The molecule has 0 aromatic rings. The maximum absolute atomic E-state index is 12.3. The average molecular weight is 311 g/mol. The van der Waals surface area contributed by atoms with E-state index < -0.39 is 6.04 Å². The van der Waals surface area contributed by atoms with Crippen LogP contribution in [0.4, 0.5) is 0 Å². The highest BCUT2D eigenvalue weighted by atomic mass is 16.5. The standard InChI is InChI=1S/C16H29N3O3/c1-10(2)18(3)11-5-6-14(12(9-11)16(21)22-4)19-8-7-13(17)15(19)20/h10-14H,5-9,17H2,1-4H3/t11-,12+,13+,14+/m1/s1. The molecule has 0 aromatic carbocycles. The van der Waals surface area contributed by atoms with Crippen LogP contribution < -0.4 is 5.73 Å². The summed E-state index contributed by atoms with van der Waals surface area (Å²) in [6, 6.07) is 0.313. The molecular formula is C16H29N3O3. The van der Waals surface area contributed by atoms with Gasteiger partial charge in [-0.1, -0.05) is 0 Å². The van der Waals surface area contributed by atoms with Crippen molar-refractivity contribution in [2.45, 2.75) is 63.7 Å². The summed E-state index contributed by atoms with van der Waals surface area (Å²) in [4.78, 5) is 28.6. The minimum atomic E-state index is -0.408. The largest absolute Gasteiger partial charge is 0.469 e. The highest BCUT2D eigenvalue weighted by molar-refractivity contribution is 5.85. The summed E-state index contributed by atoms with van der Waals surface area (Å²) in [5, 5.41) is 0. The highest BCUT2D eigenvalue weighted by Crippen LogP contribution is 2.34. The number of hydrogen-bond acceptors (Lipinski definition) is 5. The van der Waals surface area contributed by atoms with E-state index in [1.165, 1.54) is 7.11 Å². The average Bonchev–Trinajstić information content (AvgIpc) is 2.84. The molecule has 1 aliphatic heterocycles. The minimum absolute atomic E-state index is 0.0189. The number of rotatable bonds is 4. The number of methoxy groups -OCH3 is 1. The fourth-order valence-corrected chi connectivity index (χ4v) is 3.76. The Labute approximate surface area is 132 Å². The van der Waals surface area contributed by atoms with Gasteiger partial charge in [0.05, 0.1) is 19.1 Å². The zero-order valence-corrected chi connectivity index (χ0v) is 14.1. The normalized spacial score (nSPS) is 32.9. The van der Waals surface area contributed by atoms with Gasteiger partial charge >= 0.3 is 5.97 Å². The lowest BCUT2D eigenvalue weighted by molar-refractivity contribution is -0.152. The molecule has 4 atom stereocenters. The molecule has 1 saturated heterocycles. The zero-order chi connectivity index (χ0) is 16.4. The Morgan fingerprint density at radius 2 is 2.05 bits per heavy atom. The molecular weight excluding hydrogens is 282 g/mol. The molecule has 1 aliphatic carbocycles. The fraction of sp³-hybridized carbons (Fsp3) is 0.875. The molecule has 1 heterocycles. The van der Waals surface area contributed by atoms with Gasteiger partial charge in [-0.05, 0) is 46.6 Å². The van der Waals surface area contributed by atoms with Crippen LogP contribution in [0.15, 0.2) is 0 Å². The molecule has 0 radical (unpaired) electrons. The molecule has 2 fully saturated rings. The third-order valence-electron chi connectivity index (χ3n) is 5.36. The van der Waals surface area contributed by atoms with E-state index in [0.717, 1.165) is 19.3 Å². The van der Waals surface area contributed by atoms with Crippen molar-refractivity contribution in [3.63, 3.8) is 0 Å².